The van der Waals surface area contributed by atoms with E-state index in [2.05, 4.69) is 0 Å². The standard InChI is InChI=1S/C10H16BNO2/c1-11(14)12-6-8(7-13)9-4-2-3-5-10(9)12/h6-7,9-10,14H,2-5H2,1H3. The van der Waals surface area contributed by atoms with Crippen molar-refractivity contribution in [2.24, 2.45) is 5.92 Å². The fourth-order valence-electron chi connectivity index (χ4n) is 2.72. The maximum absolute atomic E-state index is 10.9. The predicted molar refractivity (Wildman–Crippen MR) is 55.6 cm³/mol. The Morgan fingerprint density at radius 2 is 2.29 bits per heavy atom. The summed E-state index contributed by atoms with van der Waals surface area (Å²) in [6, 6.07) is 0.365. The first-order valence-electron chi connectivity index (χ1n) is 5.36. The van der Waals surface area contributed by atoms with Crippen LogP contribution in [-0.2, 0) is 4.79 Å². The third kappa shape index (κ3) is 1.48. The van der Waals surface area contributed by atoms with E-state index in [0.29, 0.717) is 12.0 Å². The van der Waals surface area contributed by atoms with Crippen LogP contribution in [0.15, 0.2) is 11.8 Å². The zero-order chi connectivity index (χ0) is 10.1. The van der Waals surface area contributed by atoms with Crippen LogP contribution in [0.25, 0.3) is 0 Å². The Labute approximate surface area is 84.9 Å². The van der Waals surface area contributed by atoms with E-state index in [0.717, 1.165) is 24.7 Å². The Hall–Kier alpha value is -0.765. The quantitative estimate of drug-likeness (QED) is 0.526. The smallest absolute Gasteiger partial charge is 0.409 e. The summed E-state index contributed by atoms with van der Waals surface area (Å²) in [6.07, 6.45) is 7.41. The second kappa shape index (κ2) is 3.77. The van der Waals surface area contributed by atoms with Gasteiger partial charge in [-0.15, -0.1) is 0 Å². The highest BCUT2D eigenvalue weighted by Crippen LogP contribution is 2.38. The largest absolute Gasteiger partial charge is 0.432 e. The van der Waals surface area contributed by atoms with Crippen LogP contribution < -0.4 is 0 Å². The summed E-state index contributed by atoms with van der Waals surface area (Å²) in [5.74, 6) is 0.371. The van der Waals surface area contributed by atoms with Crippen molar-refractivity contribution in [3.8, 4) is 0 Å². The van der Waals surface area contributed by atoms with Gasteiger partial charge in [0.25, 0.3) is 0 Å². The Balaban J connectivity index is 2.20. The molecule has 0 aromatic heterocycles. The molecule has 0 amide bonds. The first-order chi connectivity index (χ1) is 6.74. The van der Waals surface area contributed by atoms with E-state index in [4.69, 9.17) is 0 Å². The number of hydrogen-bond donors (Lipinski definition) is 1. The zero-order valence-corrected chi connectivity index (χ0v) is 8.52. The predicted octanol–water partition coefficient (Wildman–Crippen LogP) is 1.05. The molecule has 0 radical (unpaired) electrons. The molecule has 4 heteroatoms. The Morgan fingerprint density at radius 3 is 2.93 bits per heavy atom. The van der Waals surface area contributed by atoms with Gasteiger partial charge in [0.05, 0.1) is 0 Å². The van der Waals surface area contributed by atoms with E-state index < -0.39 is 7.05 Å². The van der Waals surface area contributed by atoms with Gasteiger partial charge in [-0.2, -0.15) is 0 Å². The lowest BCUT2D eigenvalue weighted by Crippen LogP contribution is -2.42. The van der Waals surface area contributed by atoms with Gasteiger partial charge in [0.1, 0.15) is 6.29 Å². The highest BCUT2D eigenvalue weighted by Gasteiger charge is 2.38. The number of rotatable bonds is 2. The van der Waals surface area contributed by atoms with E-state index in [1.54, 1.807) is 6.82 Å². The summed E-state index contributed by atoms with van der Waals surface area (Å²) in [5.41, 5.74) is 0.871. The van der Waals surface area contributed by atoms with E-state index >= 15 is 0 Å². The molecule has 1 N–H and O–H groups in total. The number of carbonyl (C=O) groups is 1. The highest BCUT2D eigenvalue weighted by atomic mass is 16.2. The lowest BCUT2D eigenvalue weighted by atomic mass is 9.77. The van der Waals surface area contributed by atoms with Crippen LogP contribution >= 0.6 is 0 Å². The first kappa shape index (κ1) is 9.78. The monoisotopic (exact) mass is 193 g/mol. The summed E-state index contributed by atoms with van der Waals surface area (Å²) in [4.78, 5) is 12.8. The number of nitrogens with zero attached hydrogens (tertiary/aromatic N) is 1. The summed E-state index contributed by atoms with van der Waals surface area (Å²) in [5, 5.41) is 9.57. The molecule has 3 nitrogen and oxygen atoms in total. The maximum Gasteiger partial charge on any atom is 0.409 e. The second-order valence-corrected chi connectivity index (χ2v) is 4.28. The fraction of sp³-hybridized carbons (Fsp3) is 0.700. The minimum Gasteiger partial charge on any atom is -0.432 e. The van der Waals surface area contributed by atoms with Gasteiger partial charge in [0.2, 0.25) is 0 Å². The lowest BCUT2D eigenvalue weighted by molar-refractivity contribution is -0.105. The average Bonchev–Trinajstić information content (AvgIpc) is 2.56. The number of fused-ring (bicyclic) bond motifs is 1. The summed E-state index contributed by atoms with van der Waals surface area (Å²) >= 11 is 0. The van der Waals surface area contributed by atoms with Crippen molar-refractivity contribution in [1.29, 1.82) is 0 Å². The van der Waals surface area contributed by atoms with Crippen LogP contribution in [0.5, 0.6) is 0 Å². The molecular formula is C10H16BNO2. The van der Waals surface area contributed by atoms with Crippen molar-refractivity contribution in [2.45, 2.75) is 38.5 Å². The van der Waals surface area contributed by atoms with Gasteiger partial charge < -0.3 is 9.83 Å². The molecule has 2 rings (SSSR count). The van der Waals surface area contributed by atoms with Crippen LogP contribution in [-0.4, -0.2) is 29.2 Å². The van der Waals surface area contributed by atoms with Crippen LogP contribution in [0, 0.1) is 5.92 Å². The molecule has 14 heavy (non-hydrogen) atoms. The molecule has 76 valence electrons. The van der Waals surface area contributed by atoms with E-state index in [1.807, 2.05) is 11.0 Å². The lowest BCUT2D eigenvalue weighted by Gasteiger charge is -2.34. The van der Waals surface area contributed by atoms with Gasteiger partial charge in [0, 0.05) is 17.5 Å². The SMILES string of the molecule is CB(O)N1C=C(C=O)C2CCCCC21. The minimum absolute atomic E-state index is 0.365. The number of aldehydes is 1. The van der Waals surface area contributed by atoms with Gasteiger partial charge in [0.15, 0.2) is 0 Å². The molecule has 2 atom stereocenters. The van der Waals surface area contributed by atoms with Gasteiger partial charge in [-0.3, -0.25) is 4.79 Å². The second-order valence-electron chi connectivity index (χ2n) is 4.28. The molecule has 2 aliphatic rings. The summed E-state index contributed by atoms with van der Waals surface area (Å²) in [6.45, 7) is 1.76. The van der Waals surface area contributed by atoms with E-state index in [9.17, 15) is 9.82 Å². The van der Waals surface area contributed by atoms with Gasteiger partial charge in [-0.05, 0) is 25.9 Å². The highest BCUT2D eigenvalue weighted by molar-refractivity contribution is 6.46. The minimum atomic E-state index is -0.474. The van der Waals surface area contributed by atoms with Crippen molar-refractivity contribution in [3.05, 3.63) is 11.8 Å². The number of hydrogen-bond acceptors (Lipinski definition) is 3. The van der Waals surface area contributed by atoms with Crippen LogP contribution in [0.2, 0.25) is 6.82 Å². The molecule has 1 saturated carbocycles. The first-order valence-corrected chi connectivity index (χ1v) is 5.36. The Bertz CT molecular complexity index is 265. The molecule has 1 fully saturated rings. The average molecular weight is 193 g/mol. The van der Waals surface area contributed by atoms with Crippen LogP contribution in [0.4, 0.5) is 0 Å². The third-order valence-electron chi connectivity index (χ3n) is 3.41. The normalized spacial score (nSPS) is 31.0. The van der Waals surface area contributed by atoms with Crippen molar-refractivity contribution in [3.63, 3.8) is 0 Å². The van der Waals surface area contributed by atoms with Crippen molar-refractivity contribution >= 4 is 13.3 Å². The zero-order valence-electron chi connectivity index (χ0n) is 8.52. The van der Waals surface area contributed by atoms with E-state index in [1.165, 1.54) is 12.8 Å². The molecule has 1 aliphatic carbocycles. The molecule has 0 bridgehead atoms. The molecule has 2 unspecified atom stereocenters. The molecular weight excluding hydrogens is 177 g/mol. The molecule has 1 heterocycles. The van der Waals surface area contributed by atoms with Crippen LogP contribution in [0.1, 0.15) is 25.7 Å². The van der Waals surface area contributed by atoms with Gasteiger partial charge >= 0.3 is 7.05 Å². The molecule has 1 aliphatic heterocycles. The molecule has 0 saturated heterocycles. The van der Waals surface area contributed by atoms with Crippen molar-refractivity contribution in [1.82, 2.24) is 4.81 Å². The Kier molecular flexibility index (Phi) is 2.63. The van der Waals surface area contributed by atoms with Crippen molar-refractivity contribution < 1.29 is 9.82 Å². The van der Waals surface area contributed by atoms with Crippen molar-refractivity contribution in [2.75, 3.05) is 0 Å². The third-order valence-corrected chi connectivity index (χ3v) is 3.41. The topological polar surface area (TPSA) is 40.5 Å². The Morgan fingerprint density at radius 1 is 1.57 bits per heavy atom. The summed E-state index contributed by atoms with van der Waals surface area (Å²) < 4.78 is 0. The van der Waals surface area contributed by atoms with Gasteiger partial charge in [-0.1, -0.05) is 12.8 Å². The van der Waals surface area contributed by atoms with E-state index in [-0.39, 0.29) is 0 Å². The van der Waals surface area contributed by atoms with Crippen LogP contribution in [0.3, 0.4) is 0 Å². The number of carbonyl (C=O) groups excluding carboxylic acids is 1. The maximum atomic E-state index is 10.9. The summed E-state index contributed by atoms with van der Waals surface area (Å²) in [7, 11) is -0.474. The molecule has 0 aromatic carbocycles. The fourth-order valence-corrected chi connectivity index (χ4v) is 2.72. The molecule has 0 aromatic rings. The van der Waals surface area contributed by atoms with Gasteiger partial charge in [-0.25, -0.2) is 0 Å². The molecule has 0 spiro atoms.